The molecule has 2 rings (SSSR count). The average Bonchev–Trinajstić information content (AvgIpc) is 2.55. The predicted molar refractivity (Wildman–Crippen MR) is 65.9 cm³/mol. The van der Waals surface area contributed by atoms with Crippen molar-refractivity contribution in [3.8, 4) is 0 Å². The lowest BCUT2D eigenvalue weighted by Crippen LogP contribution is -2.25. The van der Waals surface area contributed by atoms with Crippen molar-refractivity contribution in [2.24, 2.45) is 5.92 Å². The van der Waals surface area contributed by atoms with Crippen LogP contribution in [0, 0.1) is 5.92 Å². The highest BCUT2D eigenvalue weighted by atomic mass is 16.1. The smallest absolute Gasteiger partial charge is 0.167 e. The summed E-state index contributed by atoms with van der Waals surface area (Å²) in [6.07, 6.45) is 1.91. The van der Waals surface area contributed by atoms with Crippen molar-refractivity contribution < 1.29 is 4.79 Å². The standard InChI is InChI=1S/C14H19NO/c1-4-10-5-6-11-8-12(9-15(2)3)14(16)13(11)7-10/h5-7,12H,4,8-9H2,1-3H3. The quantitative estimate of drug-likeness (QED) is 0.773. The van der Waals surface area contributed by atoms with Crippen LogP contribution in [-0.4, -0.2) is 31.3 Å². The second-order valence-electron chi connectivity index (χ2n) is 4.87. The molecule has 0 amide bonds. The van der Waals surface area contributed by atoms with Crippen molar-refractivity contribution in [3.05, 3.63) is 34.9 Å². The molecule has 0 N–H and O–H groups in total. The highest BCUT2D eigenvalue weighted by Crippen LogP contribution is 2.28. The van der Waals surface area contributed by atoms with Gasteiger partial charge in [0.05, 0.1) is 0 Å². The molecule has 0 bridgehead atoms. The molecule has 0 aromatic heterocycles. The zero-order valence-electron chi connectivity index (χ0n) is 10.3. The number of carbonyl (C=O) groups excluding carboxylic acids is 1. The summed E-state index contributed by atoms with van der Waals surface area (Å²) in [5, 5.41) is 0. The minimum atomic E-state index is 0.164. The molecule has 2 heteroatoms. The van der Waals surface area contributed by atoms with E-state index in [1.807, 2.05) is 14.1 Å². The summed E-state index contributed by atoms with van der Waals surface area (Å²) >= 11 is 0. The Bertz CT molecular complexity index is 409. The Balaban J connectivity index is 2.25. The van der Waals surface area contributed by atoms with Crippen LogP contribution in [0.2, 0.25) is 0 Å². The van der Waals surface area contributed by atoms with Gasteiger partial charge in [-0.1, -0.05) is 19.1 Å². The maximum Gasteiger partial charge on any atom is 0.167 e. The number of hydrogen-bond acceptors (Lipinski definition) is 2. The summed E-state index contributed by atoms with van der Waals surface area (Å²) in [5.41, 5.74) is 3.46. The van der Waals surface area contributed by atoms with Crippen molar-refractivity contribution in [1.29, 1.82) is 0 Å². The van der Waals surface area contributed by atoms with Gasteiger partial charge in [-0.25, -0.2) is 0 Å². The van der Waals surface area contributed by atoms with Gasteiger partial charge >= 0.3 is 0 Å². The largest absolute Gasteiger partial charge is 0.309 e. The molecule has 1 aromatic rings. The number of nitrogens with zero attached hydrogens (tertiary/aromatic N) is 1. The molecule has 86 valence electrons. The Morgan fingerprint density at radius 2 is 2.12 bits per heavy atom. The molecular formula is C14H19NO. The molecule has 1 atom stereocenters. The third-order valence-electron chi connectivity index (χ3n) is 3.27. The average molecular weight is 217 g/mol. The molecule has 0 saturated carbocycles. The van der Waals surface area contributed by atoms with Crippen molar-refractivity contribution in [3.63, 3.8) is 0 Å². The van der Waals surface area contributed by atoms with Crippen molar-refractivity contribution in [2.75, 3.05) is 20.6 Å². The Morgan fingerprint density at radius 1 is 1.38 bits per heavy atom. The van der Waals surface area contributed by atoms with Crippen molar-refractivity contribution >= 4 is 5.78 Å². The van der Waals surface area contributed by atoms with Gasteiger partial charge in [0.2, 0.25) is 0 Å². The molecule has 1 unspecified atom stereocenters. The fourth-order valence-electron chi connectivity index (χ4n) is 2.42. The normalized spacial score (nSPS) is 19.2. The van der Waals surface area contributed by atoms with Gasteiger partial charge in [-0.05, 0) is 44.1 Å². The summed E-state index contributed by atoms with van der Waals surface area (Å²) in [4.78, 5) is 14.3. The van der Waals surface area contributed by atoms with Gasteiger partial charge in [0.15, 0.2) is 5.78 Å². The van der Waals surface area contributed by atoms with Crippen LogP contribution < -0.4 is 0 Å². The molecule has 0 aliphatic heterocycles. The molecule has 2 nitrogen and oxygen atoms in total. The molecule has 0 saturated heterocycles. The van der Waals surface area contributed by atoms with Crippen LogP contribution in [0.1, 0.15) is 28.4 Å². The van der Waals surface area contributed by atoms with Gasteiger partial charge in [0.25, 0.3) is 0 Å². The van der Waals surface area contributed by atoms with Crippen molar-refractivity contribution in [1.82, 2.24) is 4.90 Å². The molecule has 1 aliphatic carbocycles. The third-order valence-corrected chi connectivity index (χ3v) is 3.27. The fraction of sp³-hybridized carbons (Fsp3) is 0.500. The SMILES string of the molecule is CCc1ccc2c(c1)C(=O)C(CN(C)C)C2. The van der Waals surface area contributed by atoms with Crippen LogP contribution in [0.5, 0.6) is 0 Å². The van der Waals surface area contributed by atoms with Crippen LogP contribution >= 0.6 is 0 Å². The molecule has 1 aliphatic rings. The molecular weight excluding hydrogens is 198 g/mol. The first kappa shape index (κ1) is 11.3. The summed E-state index contributed by atoms with van der Waals surface area (Å²) in [6.45, 7) is 2.98. The maximum atomic E-state index is 12.2. The van der Waals surface area contributed by atoms with E-state index < -0.39 is 0 Å². The number of aryl methyl sites for hydroxylation is 1. The molecule has 0 fully saturated rings. The molecule has 0 heterocycles. The Hall–Kier alpha value is -1.15. The van der Waals surface area contributed by atoms with E-state index in [4.69, 9.17) is 0 Å². The van der Waals surface area contributed by atoms with Crippen LogP contribution in [0.3, 0.4) is 0 Å². The van der Waals surface area contributed by atoms with E-state index in [1.54, 1.807) is 0 Å². The van der Waals surface area contributed by atoms with Crippen LogP contribution in [0.25, 0.3) is 0 Å². The second kappa shape index (κ2) is 4.38. The minimum absolute atomic E-state index is 0.164. The predicted octanol–water partition coefficient (Wildman–Crippen LogP) is 2.17. The number of fused-ring (bicyclic) bond motifs is 1. The lowest BCUT2D eigenvalue weighted by Gasteiger charge is -2.13. The van der Waals surface area contributed by atoms with Crippen LogP contribution in [0.4, 0.5) is 0 Å². The number of Topliss-reactive ketones (excluding diaryl/α,β-unsaturated/α-hetero) is 1. The lowest BCUT2D eigenvalue weighted by atomic mass is 10.0. The first-order chi connectivity index (χ1) is 7.61. The number of carbonyl (C=O) groups is 1. The molecule has 0 spiro atoms. The van der Waals surface area contributed by atoms with E-state index in [9.17, 15) is 4.79 Å². The zero-order chi connectivity index (χ0) is 11.7. The topological polar surface area (TPSA) is 20.3 Å². The Morgan fingerprint density at radius 3 is 2.75 bits per heavy atom. The second-order valence-corrected chi connectivity index (χ2v) is 4.87. The van der Waals surface area contributed by atoms with Gasteiger partial charge in [0.1, 0.15) is 0 Å². The number of rotatable bonds is 3. The summed E-state index contributed by atoms with van der Waals surface area (Å²) < 4.78 is 0. The van der Waals surface area contributed by atoms with Gasteiger partial charge in [0, 0.05) is 18.0 Å². The van der Waals surface area contributed by atoms with Crippen molar-refractivity contribution in [2.45, 2.75) is 19.8 Å². The van der Waals surface area contributed by atoms with E-state index in [0.29, 0.717) is 5.78 Å². The van der Waals surface area contributed by atoms with Crippen LogP contribution in [-0.2, 0) is 12.8 Å². The number of hydrogen-bond donors (Lipinski definition) is 0. The maximum absolute atomic E-state index is 12.2. The van der Waals surface area contributed by atoms with E-state index in [0.717, 1.165) is 24.9 Å². The molecule has 1 aromatic carbocycles. The van der Waals surface area contributed by atoms with E-state index in [-0.39, 0.29) is 5.92 Å². The minimum Gasteiger partial charge on any atom is -0.309 e. The lowest BCUT2D eigenvalue weighted by molar-refractivity contribution is 0.0916. The highest BCUT2D eigenvalue weighted by Gasteiger charge is 2.30. The number of ketones is 1. The Kier molecular flexibility index (Phi) is 3.10. The van der Waals surface area contributed by atoms with E-state index in [1.165, 1.54) is 11.1 Å². The van der Waals surface area contributed by atoms with Gasteiger partial charge < -0.3 is 4.90 Å². The van der Waals surface area contributed by atoms with Gasteiger partial charge in [-0.2, -0.15) is 0 Å². The summed E-state index contributed by atoms with van der Waals surface area (Å²) in [6, 6.07) is 6.35. The third kappa shape index (κ3) is 2.03. The zero-order valence-corrected chi connectivity index (χ0v) is 10.3. The summed E-state index contributed by atoms with van der Waals surface area (Å²) in [7, 11) is 4.04. The van der Waals surface area contributed by atoms with E-state index in [2.05, 4.69) is 30.0 Å². The number of benzene rings is 1. The first-order valence-corrected chi connectivity index (χ1v) is 5.92. The monoisotopic (exact) mass is 217 g/mol. The molecule has 16 heavy (non-hydrogen) atoms. The highest BCUT2D eigenvalue weighted by molar-refractivity contribution is 6.02. The summed E-state index contributed by atoms with van der Waals surface area (Å²) in [5.74, 6) is 0.496. The Labute approximate surface area is 97.3 Å². The van der Waals surface area contributed by atoms with Gasteiger partial charge in [-0.3, -0.25) is 4.79 Å². The first-order valence-electron chi connectivity index (χ1n) is 5.92. The van der Waals surface area contributed by atoms with E-state index >= 15 is 0 Å². The fourth-order valence-corrected chi connectivity index (χ4v) is 2.42. The van der Waals surface area contributed by atoms with Gasteiger partial charge in [-0.15, -0.1) is 0 Å². The van der Waals surface area contributed by atoms with Crippen LogP contribution in [0.15, 0.2) is 18.2 Å². The molecule has 0 radical (unpaired) electrons.